The first-order chi connectivity index (χ1) is 11.8. The van der Waals surface area contributed by atoms with E-state index in [-0.39, 0.29) is 12.2 Å². The molecule has 0 unspecified atom stereocenters. The number of hydrogen-bond donors (Lipinski definition) is 0. The lowest BCUT2D eigenvalue weighted by molar-refractivity contribution is -0.266. The Morgan fingerprint density at radius 2 is 1.92 bits per heavy atom. The van der Waals surface area contributed by atoms with Crippen molar-refractivity contribution >= 4 is 9.84 Å². The van der Waals surface area contributed by atoms with E-state index in [1.54, 1.807) is 0 Å². The Morgan fingerprint density at radius 3 is 2.42 bits per heavy atom. The van der Waals surface area contributed by atoms with Crippen LogP contribution in [0.5, 0.6) is 5.75 Å². The maximum absolute atomic E-state index is 14.2. The van der Waals surface area contributed by atoms with Crippen molar-refractivity contribution in [3.63, 3.8) is 0 Å². The van der Waals surface area contributed by atoms with Gasteiger partial charge in [0, 0.05) is 23.7 Å². The Labute approximate surface area is 148 Å². The van der Waals surface area contributed by atoms with Gasteiger partial charge in [-0.25, -0.2) is 12.8 Å². The van der Waals surface area contributed by atoms with Gasteiger partial charge in [0.2, 0.25) is 5.82 Å². The van der Waals surface area contributed by atoms with Gasteiger partial charge in [0.1, 0.15) is 6.61 Å². The normalized spacial score (nSPS) is 26.9. The van der Waals surface area contributed by atoms with Gasteiger partial charge in [0.25, 0.3) is 0 Å². The second-order valence-corrected chi connectivity index (χ2v) is 8.83. The van der Waals surface area contributed by atoms with E-state index < -0.39 is 63.2 Å². The van der Waals surface area contributed by atoms with Crippen LogP contribution in [-0.4, -0.2) is 45.4 Å². The summed E-state index contributed by atoms with van der Waals surface area (Å²) in [5.74, 6) is -5.63. The number of ether oxygens (including phenoxy) is 2. The number of benzene rings is 1. The molecule has 1 aliphatic heterocycles. The van der Waals surface area contributed by atoms with E-state index in [4.69, 9.17) is 9.47 Å². The molecule has 148 valence electrons. The lowest BCUT2D eigenvalue weighted by Gasteiger charge is -2.32. The van der Waals surface area contributed by atoms with Gasteiger partial charge in [0.05, 0.1) is 12.4 Å². The summed E-state index contributed by atoms with van der Waals surface area (Å²) in [4.78, 5) is 0. The first kappa shape index (κ1) is 20.9. The van der Waals surface area contributed by atoms with Crippen LogP contribution in [0.15, 0.2) is 12.1 Å². The van der Waals surface area contributed by atoms with Gasteiger partial charge in [-0.05, 0) is 13.0 Å². The molecule has 1 fully saturated rings. The Bertz CT molecular complexity index is 778. The molecule has 0 aromatic heterocycles. The Balaban J connectivity index is 2.37. The van der Waals surface area contributed by atoms with Crippen molar-refractivity contribution in [2.75, 3.05) is 25.2 Å². The zero-order valence-corrected chi connectivity index (χ0v) is 15.2. The fourth-order valence-corrected chi connectivity index (χ4v) is 3.29. The largest absolute Gasteiger partial charge is 0.489 e. The smallest absolute Gasteiger partial charge is 0.417 e. The molecule has 10 heteroatoms. The summed E-state index contributed by atoms with van der Waals surface area (Å²) in [5.41, 5.74) is -2.43. The summed E-state index contributed by atoms with van der Waals surface area (Å²) >= 11 is 0. The van der Waals surface area contributed by atoms with Crippen LogP contribution >= 0.6 is 0 Å². The molecule has 0 N–H and O–H groups in total. The molecule has 4 nitrogen and oxygen atoms in total. The SMILES string of the molecule is C[C@H]1[C@@H](c2ccc(F)c(F)c2OCCS(C)(=O)=O)CO[C@@]1(C)C(F)(F)F. The standard InChI is InChI=1S/C16H19F5O4S/c1-9-11(8-25-15(9,2)16(19,20)21)10-4-5-12(17)13(18)14(10)24-6-7-26(3,22)23/h4-5,9,11H,6-8H2,1-3H3/t9-,11-,15+/m0/s1. The van der Waals surface area contributed by atoms with E-state index in [0.717, 1.165) is 25.3 Å². The molecule has 0 spiro atoms. The summed E-state index contributed by atoms with van der Waals surface area (Å²) in [6.45, 7) is 1.41. The predicted molar refractivity (Wildman–Crippen MR) is 83.9 cm³/mol. The summed E-state index contributed by atoms with van der Waals surface area (Å²) in [7, 11) is -3.41. The first-order valence-electron chi connectivity index (χ1n) is 7.77. The minimum absolute atomic E-state index is 0.0119. The van der Waals surface area contributed by atoms with Crippen molar-refractivity contribution in [2.45, 2.75) is 31.5 Å². The lowest BCUT2D eigenvalue weighted by Crippen LogP contribution is -2.46. The highest BCUT2D eigenvalue weighted by molar-refractivity contribution is 7.90. The van der Waals surface area contributed by atoms with Crippen LogP contribution < -0.4 is 4.74 Å². The number of alkyl halides is 3. The van der Waals surface area contributed by atoms with Crippen LogP contribution in [0.3, 0.4) is 0 Å². The zero-order valence-electron chi connectivity index (χ0n) is 14.4. The third-order valence-electron chi connectivity index (χ3n) is 4.78. The Kier molecular flexibility index (Phi) is 5.59. The van der Waals surface area contributed by atoms with Crippen LogP contribution in [0.2, 0.25) is 0 Å². The zero-order chi connectivity index (χ0) is 19.9. The molecular weight excluding hydrogens is 383 g/mol. The van der Waals surface area contributed by atoms with Gasteiger partial charge >= 0.3 is 6.18 Å². The summed E-state index contributed by atoms with van der Waals surface area (Å²) < 4.78 is 100. The van der Waals surface area contributed by atoms with Crippen LogP contribution in [0.4, 0.5) is 22.0 Å². The third-order valence-corrected chi connectivity index (χ3v) is 5.69. The highest BCUT2D eigenvalue weighted by Crippen LogP contribution is 2.51. The molecule has 1 aliphatic rings. The second-order valence-electron chi connectivity index (χ2n) is 6.57. The van der Waals surface area contributed by atoms with Crippen molar-refractivity contribution in [3.05, 3.63) is 29.3 Å². The molecule has 3 atom stereocenters. The van der Waals surface area contributed by atoms with Gasteiger partial charge in [-0.15, -0.1) is 0 Å². The number of hydrogen-bond acceptors (Lipinski definition) is 4. The first-order valence-corrected chi connectivity index (χ1v) is 9.83. The molecule has 1 aromatic rings. The number of halogens is 5. The molecule has 0 saturated carbocycles. The molecule has 0 aliphatic carbocycles. The number of sulfone groups is 1. The van der Waals surface area contributed by atoms with Gasteiger partial charge in [-0.2, -0.15) is 17.6 Å². The summed E-state index contributed by atoms with van der Waals surface area (Å²) in [6, 6.07) is 1.94. The van der Waals surface area contributed by atoms with Gasteiger partial charge in [-0.3, -0.25) is 0 Å². The van der Waals surface area contributed by atoms with E-state index in [1.807, 2.05) is 0 Å². The Morgan fingerprint density at radius 1 is 1.31 bits per heavy atom. The minimum atomic E-state index is -4.64. The highest BCUT2D eigenvalue weighted by atomic mass is 32.2. The van der Waals surface area contributed by atoms with Crippen molar-refractivity contribution in [3.8, 4) is 5.75 Å². The molecule has 2 rings (SSSR count). The molecule has 1 heterocycles. The quantitative estimate of drug-likeness (QED) is 0.708. The van der Waals surface area contributed by atoms with Crippen molar-refractivity contribution in [2.24, 2.45) is 5.92 Å². The molecule has 0 radical (unpaired) electrons. The van der Waals surface area contributed by atoms with E-state index in [9.17, 15) is 30.4 Å². The van der Waals surface area contributed by atoms with E-state index in [0.29, 0.717) is 0 Å². The molecular formula is C16H19F5O4S. The fraction of sp³-hybridized carbons (Fsp3) is 0.625. The summed E-state index contributed by atoms with van der Waals surface area (Å²) in [5, 5.41) is 0. The molecule has 0 bridgehead atoms. The van der Waals surface area contributed by atoms with Gasteiger partial charge in [-0.1, -0.05) is 13.0 Å². The fourth-order valence-electron chi connectivity index (χ4n) is 2.90. The van der Waals surface area contributed by atoms with Crippen LogP contribution in [0, 0.1) is 17.6 Å². The van der Waals surface area contributed by atoms with Crippen molar-refractivity contribution in [1.82, 2.24) is 0 Å². The van der Waals surface area contributed by atoms with Gasteiger partial charge in [0.15, 0.2) is 27.0 Å². The average Bonchev–Trinajstić information content (AvgIpc) is 2.80. The van der Waals surface area contributed by atoms with E-state index in [1.165, 1.54) is 6.92 Å². The summed E-state index contributed by atoms with van der Waals surface area (Å²) in [6.07, 6.45) is -3.70. The van der Waals surface area contributed by atoms with E-state index in [2.05, 4.69) is 0 Å². The highest BCUT2D eigenvalue weighted by Gasteiger charge is 2.61. The maximum Gasteiger partial charge on any atom is 0.417 e. The third kappa shape index (κ3) is 3.95. The maximum atomic E-state index is 14.2. The number of rotatable bonds is 5. The average molecular weight is 402 g/mol. The second kappa shape index (κ2) is 6.95. The van der Waals surface area contributed by atoms with Crippen molar-refractivity contribution in [1.29, 1.82) is 0 Å². The van der Waals surface area contributed by atoms with E-state index >= 15 is 0 Å². The topological polar surface area (TPSA) is 52.6 Å². The predicted octanol–water partition coefficient (Wildman–Crippen LogP) is 3.46. The van der Waals surface area contributed by atoms with Crippen LogP contribution in [-0.2, 0) is 14.6 Å². The molecule has 0 amide bonds. The van der Waals surface area contributed by atoms with Crippen molar-refractivity contribution < 1.29 is 39.8 Å². The molecule has 26 heavy (non-hydrogen) atoms. The minimum Gasteiger partial charge on any atom is -0.489 e. The van der Waals surface area contributed by atoms with Crippen LogP contribution in [0.25, 0.3) is 0 Å². The Hall–Kier alpha value is -1.42. The molecule has 1 aromatic carbocycles. The molecule has 1 saturated heterocycles. The monoisotopic (exact) mass is 402 g/mol. The lowest BCUT2D eigenvalue weighted by atomic mass is 9.79. The van der Waals surface area contributed by atoms with Crippen LogP contribution in [0.1, 0.15) is 25.3 Å². The van der Waals surface area contributed by atoms with Gasteiger partial charge < -0.3 is 9.47 Å².